The van der Waals surface area contributed by atoms with Gasteiger partial charge in [-0.15, -0.1) is 0 Å². The Morgan fingerprint density at radius 3 is 2.00 bits per heavy atom. The molecule has 0 saturated heterocycles. The SMILES string of the molecule is CCNC1CCCCCC1N(CCC(C)C)CCC(C)C. The number of rotatable bonds is 9. The maximum absolute atomic E-state index is 3.79. The van der Waals surface area contributed by atoms with Crippen LogP contribution in [0.25, 0.3) is 0 Å². The molecule has 0 aliphatic heterocycles. The highest BCUT2D eigenvalue weighted by Crippen LogP contribution is 2.24. The highest BCUT2D eigenvalue weighted by Gasteiger charge is 2.28. The van der Waals surface area contributed by atoms with Gasteiger partial charge in [0.25, 0.3) is 0 Å². The fraction of sp³-hybridized carbons (Fsp3) is 1.00. The lowest BCUT2D eigenvalue weighted by Gasteiger charge is -2.37. The molecule has 21 heavy (non-hydrogen) atoms. The zero-order valence-electron chi connectivity index (χ0n) is 15.3. The number of hydrogen-bond acceptors (Lipinski definition) is 2. The van der Waals surface area contributed by atoms with Gasteiger partial charge in [-0.05, 0) is 57.2 Å². The minimum atomic E-state index is 0.719. The summed E-state index contributed by atoms with van der Waals surface area (Å²) in [5.74, 6) is 1.63. The first kappa shape index (κ1) is 19.0. The molecule has 2 heteroatoms. The van der Waals surface area contributed by atoms with Crippen molar-refractivity contribution < 1.29 is 0 Å². The lowest BCUT2D eigenvalue weighted by Crippen LogP contribution is -2.50. The van der Waals surface area contributed by atoms with Crippen LogP contribution in [0.1, 0.15) is 79.6 Å². The van der Waals surface area contributed by atoms with Crippen LogP contribution in [0, 0.1) is 11.8 Å². The molecule has 1 aliphatic rings. The summed E-state index contributed by atoms with van der Waals surface area (Å²) in [4.78, 5) is 2.83. The smallest absolute Gasteiger partial charge is 0.0249 e. The van der Waals surface area contributed by atoms with Crippen LogP contribution in [-0.4, -0.2) is 36.6 Å². The van der Waals surface area contributed by atoms with E-state index in [-0.39, 0.29) is 0 Å². The van der Waals surface area contributed by atoms with Gasteiger partial charge in [-0.2, -0.15) is 0 Å². The van der Waals surface area contributed by atoms with Crippen LogP contribution in [0.2, 0.25) is 0 Å². The van der Waals surface area contributed by atoms with Crippen molar-refractivity contribution in [1.82, 2.24) is 10.2 Å². The average Bonchev–Trinajstić information content (AvgIpc) is 2.65. The van der Waals surface area contributed by atoms with Gasteiger partial charge in [-0.1, -0.05) is 53.9 Å². The fourth-order valence-electron chi connectivity index (χ4n) is 3.52. The standard InChI is InChI=1S/C19H40N2/c1-6-20-18-10-8-7-9-11-19(18)21(14-12-16(2)3)15-13-17(4)5/h16-20H,6-15H2,1-5H3. The second-order valence-electron chi connectivity index (χ2n) is 7.77. The molecule has 2 nitrogen and oxygen atoms in total. The minimum Gasteiger partial charge on any atom is -0.313 e. The fourth-order valence-corrected chi connectivity index (χ4v) is 3.52. The Kier molecular flexibility index (Phi) is 9.59. The molecule has 0 radical (unpaired) electrons. The lowest BCUT2D eigenvalue weighted by molar-refractivity contribution is 0.135. The Morgan fingerprint density at radius 2 is 1.48 bits per heavy atom. The van der Waals surface area contributed by atoms with Gasteiger partial charge in [0.2, 0.25) is 0 Å². The molecule has 0 bridgehead atoms. The van der Waals surface area contributed by atoms with Gasteiger partial charge in [0.15, 0.2) is 0 Å². The maximum Gasteiger partial charge on any atom is 0.0249 e. The van der Waals surface area contributed by atoms with E-state index >= 15 is 0 Å². The van der Waals surface area contributed by atoms with Crippen LogP contribution in [0.15, 0.2) is 0 Å². The molecule has 0 aromatic rings. The van der Waals surface area contributed by atoms with Gasteiger partial charge in [0, 0.05) is 12.1 Å². The molecule has 0 aromatic heterocycles. The summed E-state index contributed by atoms with van der Waals surface area (Å²) in [7, 11) is 0. The zero-order valence-corrected chi connectivity index (χ0v) is 15.3. The summed E-state index contributed by atoms with van der Waals surface area (Å²) in [5, 5.41) is 3.79. The van der Waals surface area contributed by atoms with Crippen molar-refractivity contribution in [2.45, 2.75) is 91.6 Å². The third-order valence-corrected chi connectivity index (χ3v) is 4.90. The molecular weight excluding hydrogens is 256 g/mol. The number of nitrogens with zero attached hydrogens (tertiary/aromatic N) is 1. The van der Waals surface area contributed by atoms with Crippen molar-refractivity contribution in [1.29, 1.82) is 0 Å². The first-order valence-corrected chi connectivity index (χ1v) is 9.52. The van der Waals surface area contributed by atoms with Gasteiger partial charge < -0.3 is 5.32 Å². The molecule has 0 amide bonds. The monoisotopic (exact) mass is 296 g/mol. The number of hydrogen-bond donors (Lipinski definition) is 1. The Labute approximate surface area is 134 Å². The van der Waals surface area contributed by atoms with Crippen LogP contribution >= 0.6 is 0 Å². The van der Waals surface area contributed by atoms with Crippen LogP contribution in [0.3, 0.4) is 0 Å². The highest BCUT2D eigenvalue weighted by molar-refractivity contribution is 4.87. The van der Waals surface area contributed by atoms with E-state index in [9.17, 15) is 0 Å². The lowest BCUT2D eigenvalue weighted by atomic mass is 9.98. The minimum absolute atomic E-state index is 0.719. The van der Waals surface area contributed by atoms with Crippen molar-refractivity contribution in [2.75, 3.05) is 19.6 Å². The van der Waals surface area contributed by atoms with E-state index in [4.69, 9.17) is 0 Å². The van der Waals surface area contributed by atoms with E-state index in [1.54, 1.807) is 0 Å². The predicted octanol–water partition coefficient (Wildman–Crippen LogP) is 4.69. The Morgan fingerprint density at radius 1 is 0.905 bits per heavy atom. The van der Waals surface area contributed by atoms with Crippen molar-refractivity contribution in [3.63, 3.8) is 0 Å². The van der Waals surface area contributed by atoms with Crippen LogP contribution in [0.5, 0.6) is 0 Å². The molecule has 2 unspecified atom stereocenters. The van der Waals surface area contributed by atoms with E-state index < -0.39 is 0 Å². The summed E-state index contributed by atoms with van der Waals surface area (Å²) in [5.41, 5.74) is 0. The quantitative estimate of drug-likeness (QED) is 0.621. The Hall–Kier alpha value is -0.0800. The van der Waals surface area contributed by atoms with E-state index in [1.807, 2.05) is 0 Å². The molecule has 2 atom stereocenters. The largest absolute Gasteiger partial charge is 0.313 e. The number of nitrogens with one attached hydrogen (secondary N) is 1. The maximum atomic E-state index is 3.79. The van der Waals surface area contributed by atoms with Gasteiger partial charge >= 0.3 is 0 Å². The molecule has 1 N–H and O–H groups in total. The van der Waals surface area contributed by atoms with Gasteiger partial charge in [0.05, 0.1) is 0 Å². The highest BCUT2D eigenvalue weighted by atomic mass is 15.2. The first-order chi connectivity index (χ1) is 10.0. The van der Waals surface area contributed by atoms with Crippen LogP contribution in [0.4, 0.5) is 0 Å². The summed E-state index contributed by atoms with van der Waals surface area (Å²) in [6, 6.07) is 1.49. The van der Waals surface area contributed by atoms with Crippen molar-refractivity contribution >= 4 is 0 Å². The zero-order chi connectivity index (χ0) is 15.7. The molecule has 1 fully saturated rings. The van der Waals surface area contributed by atoms with E-state index in [0.29, 0.717) is 0 Å². The second kappa shape index (κ2) is 10.6. The van der Waals surface area contributed by atoms with Crippen molar-refractivity contribution in [3.05, 3.63) is 0 Å². The molecule has 1 saturated carbocycles. The van der Waals surface area contributed by atoms with E-state index in [1.165, 1.54) is 58.0 Å². The molecule has 0 aromatic carbocycles. The average molecular weight is 297 g/mol. The second-order valence-corrected chi connectivity index (χ2v) is 7.77. The van der Waals surface area contributed by atoms with Crippen LogP contribution in [-0.2, 0) is 0 Å². The Bertz CT molecular complexity index is 238. The van der Waals surface area contributed by atoms with Gasteiger partial charge in [0.1, 0.15) is 0 Å². The van der Waals surface area contributed by atoms with E-state index in [2.05, 4.69) is 44.8 Å². The normalized spacial score (nSPS) is 24.0. The summed E-state index contributed by atoms with van der Waals surface area (Å²) >= 11 is 0. The number of likely N-dealkylation sites (N-methyl/N-ethyl adjacent to an activating group) is 1. The van der Waals surface area contributed by atoms with Crippen LogP contribution < -0.4 is 5.32 Å². The van der Waals surface area contributed by atoms with Crippen molar-refractivity contribution in [2.24, 2.45) is 11.8 Å². The topological polar surface area (TPSA) is 15.3 Å². The first-order valence-electron chi connectivity index (χ1n) is 9.52. The third kappa shape index (κ3) is 7.65. The summed E-state index contributed by atoms with van der Waals surface area (Å²) < 4.78 is 0. The Balaban J connectivity index is 2.69. The third-order valence-electron chi connectivity index (χ3n) is 4.90. The van der Waals surface area contributed by atoms with Gasteiger partial charge in [-0.25, -0.2) is 0 Å². The molecule has 126 valence electrons. The molecule has 0 heterocycles. The predicted molar refractivity (Wildman–Crippen MR) is 94.8 cm³/mol. The molecule has 1 rings (SSSR count). The van der Waals surface area contributed by atoms with Gasteiger partial charge in [-0.3, -0.25) is 4.90 Å². The van der Waals surface area contributed by atoms with Crippen molar-refractivity contribution in [3.8, 4) is 0 Å². The molecule has 1 aliphatic carbocycles. The summed E-state index contributed by atoms with van der Waals surface area (Å²) in [6.45, 7) is 15.4. The summed E-state index contributed by atoms with van der Waals surface area (Å²) in [6.07, 6.45) is 9.72. The van der Waals surface area contributed by atoms with E-state index in [0.717, 1.165) is 30.5 Å². The molecular formula is C19H40N2. The molecule has 0 spiro atoms.